The van der Waals surface area contributed by atoms with Gasteiger partial charge in [-0.1, -0.05) is 74.8 Å². The number of amides is 2. The zero-order chi connectivity index (χ0) is 28.6. The SMILES string of the molecule is CCC(C(=O)NCC(C)C)N(Cc1ccccc1C)C(=O)CN(c1ccc(Cl)cc1)S(=O)(=O)c1ccccc1. The fourth-order valence-corrected chi connectivity index (χ4v) is 5.73. The number of benzene rings is 3. The Morgan fingerprint density at radius 3 is 2.13 bits per heavy atom. The molecule has 0 aliphatic carbocycles. The van der Waals surface area contributed by atoms with Gasteiger partial charge >= 0.3 is 0 Å². The van der Waals surface area contributed by atoms with Gasteiger partial charge < -0.3 is 10.2 Å². The molecule has 0 fully saturated rings. The number of aryl methyl sites for hydroxylation is 1. The van der Waals surface area contributed by atoms with E-state index >= 15 is 0 Å². The van der Waals surface area contributed by atoms with Gasteiger partial charge in [0.05, 0.1) is 10.6 Å². The number of halogens is 1. The minimum absolute atomic E-state index is 0.0555. The molecule has 0 aliphatic rings. The molecule has 2 amide bonds. The maximum atomic E-state index is 14.0. The number of anilines is 1. The van der Waals surface area contributed by atoms with E-state index in [2.05, 4.69) is 5.32 Å². The molecule has 0 heterocycles. The first kappa shape index (κ1) is 30.2. The molecule has 3 aromatic carbocycles. The fourth-order valence-electron chi connectivity index (χ4n) is 4.17. The molecule has 0 aromatic heterocycles. The summed E-state index contributed by atoms with van der Waals surface area (Å²) in [4.78, 5) is 28.8. The predicted octanol–water partition coefficient (Wildman–Crippen LogP) is 5.42. The summed E-state index contributed by atoms with van der Waals surface area (Å²) in [5.74, 6) is -0.514. The first-order valence-electron chi connectivity index (χ1n) is 13.0. The maximum absolute atomic E-state index is 14.0. The van der Waals surface area contributed by atoms with Crippen LogP contribution in [-0.4, -0.2) is 44.3 Å². The van der Waals surface area contributed by atoms with E-state index in [4.69, 9.17) is 11.6 Å². The summed E-state index contributed by atoms with van der Waals surface area (Å²) < 4.78 is 28.6. The highest BCUT2D eigenvalue weighted by Crippen LogP contribution is 2.26. The van der Waals surface area contributed by atoms with E-state index in [1.807, 2.05) is 52.0 Å². The molecule has 0 aliphatic heterocycles. The van der Waals surface area contributed by atoms with E-state index in [1.165, 1.54) is 17.0 Å². The van der Waals surface area contributed by atoms with Crippen LogP contribution in [0.2, 0.25) is 5.02 Å². The summed E-state index contributed by atoms with van der Waals surface area (Å²) in [6.07, 6.45) is 0.369. The molecule has 0 saturated carbocycles. The van der Waals surface area contributed by atoms with Gasteiger partial charge in [-0.3, -0.25) is 13.9 Å². The number of rotatable bonds is 12. The monoisotopic (exact) mass is 569 g/mol. The van der Waals surface area contributed by atoms with Crippen LogP contribution in [0.4, 0.5) is 5.69 Å². The van der Waals surface area contributed by atoms with Crippen molar-refractivity contribution in [2.45, 2.75) is 51.6 Å². The van der Waals surface area contributed by atoms with Crippen LogP contribution < -0.4 is 9.62 Å². The average molecular weight is 570 g/mol. The number of nitrogens with zero attached hydrogens (tertiary/aromatic N) is 2. The predicted molar refractivity (Wildman–Crippen MR) is 156 cm³/mol. The lowest BCUT2D eigenvalue weighted by molar-refractivity contribution is -0.140. The van der Waals surface area contributed by atoms with E-state index in [9.17, 15) is 18.0 Å². The molecule has 0 bridgehead atoms. The van der Waals surface area contributed by atoms with Crippen LogP contribution in [0, 0.1) is 12.8 Å². The number of nitrogens with one attached hydrogen (secondary N) is 1. The highest BCUT2D eigenvalue weighted by molar-refractivity contribution is 7.92. The standard InChI is InChI=1S/C30H36ClN3O4S/c1-5-28(30(36)32-19-22(2)3)33(20-24-12-10-9-11-23(24)4)29(35)21-34(26-17-15-25(31)16-18-26)39(37,38)27-13-7-6-8-14-27/h6-18,22,28H,5,19-21H2,1-4H3,(H,32,36). The van der Waals surface area contributed by atoms with Crippen LogP contribution in [0.15, 0.2) is 83.8 Å². The maximum Gasteiger partial charge on any atom is 0.264 e. The third-order valence-corrected chi connectivity index (χ3v) is 8.44. The Hall–Kier alpha value is -3.36. The summed E-state index contributed by atoms with van der Waals surface area (Å²) >= 11 is 6.07. The van der Waals surface area contributed by atoms with Gasteiger partial charge in [0, 0.05) is 18.1 Å². The highest BCUT2D eigenvalue weighted by Gasteiger charge is 2.33. The molecule has 208 valence electrons. The Balaban J connectivity index is 2.04. The smallest absolute Gasteiger partial charge is 0.264 e. The summed E-state index contributed by atoms with van der Waals surface area (Å²) in [6.45, 7) is 7.93. The van der Waals surface area contributed by atoms with Crippen LogP contribution >= 0.6 is 11.6 Å². The Kier molecular flexibility index (Phi) is 10.5. The molecule has 1 unspecified atom stereocenters. The molecule has 3 aromatic rings. The zero-order valence-corrected chi connectivity index (χ0v) is 24.4. The average Bonchev–Trinajstić information content (AvgIpc) is 2.92. The first-order chi connectivity index (χ1) is 18.5. The van der Waals surface area contributed by atoms with Crippen LogP contribution in [-0.2, 0) is 26.2 Å². The van der Waals surface area contributed by atoms with Crippen molar-refractivity contribution in [1.29, 1.82) is 0 Å². The summed E-state index contributed by atoms with van der Waals surface area (Å²) in [5, 5.41) is 3.38. The molecule has 0 radical (unpaired) electrons. The van der Waals surface area contributed by atoms with Gasteiger partial charge in [-0.25, -0.2) is 8.42 Å². The molecule has 0 saturated heterocycles. The lowest BCUT2D eigenvalue weighted by Gasteiger charge is -2.33. The van der Waals surface area contributed by atoms with Gasteiger partial charge in [0.1, 0.15) is 12.6 Å². The Morgan fingerprint density at radius 2 is 1.54 bits per heavy atom. The molecule has 7 nitrogen and oxygen atoms in total. The Bertz CT molecular complexity index is 1360. The summed E-state index contributed by atoms with van der Waals surface area (Å²) in [5.41, 5.74) is 2.15. The van der Waals surface area contributed by atoms with Gasteiger partial charge in [0.25, 0.3) is 10.0 Å². The van der Waals surface area contributed by atoms with Crippen LogP contribution in [0.25, 0.3) is 0 Å². The van der Waals surface area contributed by atoms with E-state index < -0.39 is 28.5 Å². The van der Waals surface area contributed by atoms with Crippen molar-refractivity contribution in [3.63, 3.8) is 0 Å². The molecule has 3 rings (SSSR count). The molecule has 1 N–H and O–H groups in total. The molecular weight excluding hydrogens is 534 g/mol. The summed E-state index contributed by atoms with van der Waals surface area (Å²) in [7, 11) is -4.11. The third kappa shape index (κ3) is 7.83. The van der Waals surface area contributed by atoms with Crippen molar-refractivity contribution >= 4 is 39.1 Å². The molecule has 0 spiro atoms. The fraction of sp³-hybridized carbons (Fsp3) is 0.333. The van der Waals surface area contributed by atoms with Crippen LogP contribution in [0.1, 0.15) is 38.3 Å². The van der Waals surface area contributed by atoms with E-state index in [-0.39, 0.29) is 23.3 Å². The van der Waals surface area contributed by atoms with Crippen molar-refractivity contribution in [3.8, 4) is 0 Å². The topological polar surface area (TPSA) is 86.8 Å². The first-order valence-corrected chi connectivity index (χ1v) is 14.8. The third-order valence-electron chi connectivity index (χ3n) is 6.40. The van der Waals surface area contributed by atoms with Crippen molar-refractivity contribution < 1.29 is 18.0 Å². The van der Waals surface area contributed by atoms with E-state index in [0.717, 1.165) is 15.4 Å². The number of hydrogen-bond donors (Lipinski definition) is 1. The van der Waals surface area contributed by atoms with E-state index in [1.54, 1.807) is 42.5 Å². The lowest BCUT2D eigenvalue weighted by Crippen LogP contribution is -2.52. The molecular formula is C30H36ClN3O4S. The lowest BCUT2D eigenvalue weighted by atomic mass is 10.1. The zero-order valence-electron chi connectivity index (χ0n) is 22.8. The van der Waals surface area contributed by atoms with Crippen molar-refractivity contribution in [1.82, 2.24) is 10.2 Å². The second-order valence-electron chi connectivity index (χ2n) is 9.81. The number of hydrogen-bond acceptors (Lipinski definition) is 4. The Labute approximate surface area is 236 Å². The number of sulfonamides is 1. The van der Waals surface area contributed by atoms with E-state index in [0.29, 0.717) is 23.7 Å². The van der Waals surface area contributed by atoms with Crippen molar-refractivity contribution in [3.05, 3.63) is 95.0 Å². The van der Waals surface area contributed by atoms with Crippen molar-refractivity contribution in [2.75, 3.05) is 17.4 Å². The number of carbonyl (C=O) groups is 2. The van der Waals surface area contributed by atoms with Crippen LogP contribution in [0.3, 0.4) is 0 Å². The number of carbonyl (C=O) groups excluding carboxylic acids is 2. The quantitative estimate of drug-likeness (QED) is 0.315. The summed E-state index contributed by atoms with van der Waals surface area (Å²) in [6, 6.07) is 21.1. The molecule has 9 heteroatoms. The van der Waals surface area contributed by atoms with Gasteiger partial charge in [-0.05, 0) is 66.8 Å². The second-order valence-corrected chi connectivity index (χ2v) is 12.1. The largest absolute Gasteiger partial charge is 0.354 e. The Morgan fingerprint density at radius 1 is 0.923 bits per heavy atom. The normalized spacial score (nSPS) is 12.2. The molecule has 39 heavy (non-hydrogen) atoms. The molecule has 1 atom stereocenters. The second kappa shape index (κ2) is 13.6. The minimum atomic E-state index is -4.11. The van der Waals surface area contributed by atoms with Gasteiger partial charge in [0.2, 0.25) is 11.8 Å². The van der Waals surface area contributed by atoms with Gasteiger partial charge in [-0.15, -0.1) is 0 Å². The van der Waals surface area contributed by atoms with Crippen LogP contribution in [0.5, 0.6) is 0 Å². The van der Waals surface area contributed by atoms with Gasteiger partial charge in [0.15, 0.2) is 0 Å². The highest BCUT2D eigenvalue weighted by atomic mass is 35.5. The minimum Gasteiger partial charge on any atom is -0.354 e. The van der Waals surface area contributed by atoms with Crippen molar-refractivity contribution in [2.24, 2.45) is 5.92 Å². The van der Waals surface area contributed by atoms with Gasteiger partial charge in [-0.2, -0.15) is 0 Å².